The van der Waals surface area contributed by atoms with Crippen molar-refractivity contribution in [2.24, 2.45) is 12.0 Å². The largest absolute Gasteiger partial charge is 0.318 e. The van der Waals surface area contributed by atoms with Gasteiger partial charge in [-0.1, -0.05) is 18.5 Å². The molecule has 0 aliphatic carbocycles. The highest BCUT2D eigenvalue weighted by Crippen LogP contribution is 2.40. The van der Waals surface area contributed by atoms with Crippen LogP contribution in [0.3, 0.4) is 0 Å². The number of nitrogens with zero attached hydrogens (tertiary/aromatic N) is 2. The molecule has 1 aliphatic heterocycles. The summed E-state index contributed by atoms with van der Waals surface area (Å²) in [7, 11) is 1.70. The van der Waals surface area contributed by atoms with Crippen LogP contribution in [0.15, 0.2) is 58.4 Å². The predicted octanol–water partition coefficient (Wildman–Crippen LogP) is 4.42. The van der Waals surface area contributed by atoms with Gasteiger partial charge in [0.2, 0.25) is 11.3 Å². The van der Waals surface area contributed by atoms with Crippen molar-refractivity contribution in [2.45, 2.75) is 25.8 Å². The van der Waals surface area contributed by atoms with E-state index in [1.54, 1.807) is 31.4 Å². The van der Waals surface area contributed by atoms with Crippen LogP contribution in [0.5, 0.6) is 0 Å². The predicted molar refractivity (Wildman–Crippen MR) is 130 cm³/mol. The molecular formula is C24H23ClFN3O3S. The minimum Gasteiger partial charge on any atom is -0.318 e. The summed E-state index contributed by atoms with van der Waals surface area (Å²) >= 11 is 4.51. The minimum atomic E-state index is -2.11. The van der Waals surface area contributed by atoms with Crippen molar-refractivity contribution in [2.75, 3.05) is 6.54 Å². The third kappa shape index (κ3) is 4.84. The molecular weight excluding hydrogens is 465 g/mol. The number of hydrogen-bond donors (Lipinski definition) is 2. The molecule has 1 unspecified atom stereocenters. The number of aliphatic imine (C=N–C) groups is 1. The van der Waals surface area contributed by atoms with Crippen molar-refractivity contribution in [3.8, 4) is 11.1 Å². The molecule has 2 aromatic carbocycles. The lowest BCUT2D eigenvalue weighted by Crippen LogP contribution is -2.19. The zero-order valence-corrected chi connectivity index (χ0v) is 19.7. The van der Waals surface area contributed by atoms with Crippen LogP contribution in [0.2, 0.25) is 5.02 Å². The molecule has 6 nitrogen and oxygen atoms in total. The Hall–Kier alpha value is -2.65. The highest BCUT2D eigenvalue weighted by molar-refractivity contribution is 7.77. The fourth-order valence-corrected chi connectivity index (χ4v) is 4.63. The quantitative estimate of drug-likeness (QED) is 0.505. The maximum atomic E-state index is 13.6. The van der Waals surface area contributed by atoms with E-state index in [4.69, 9.17) is 21.1 Å². The van der Waals surface area contributed by atoms with Gasteiger partial charge in [0.05, 0.1) is 11.8 Å². The lowest BCUT2D eigenvalue weighted by molar-refractivity contribution is 0.549. The number of hydrogen-bond acceptors (Lipinski definition) is 3. The van der Waals surface area contributed by atoms with Gasteiger partial charge in [-0.3, -0.25) is 14.3 Å². The topological polar surface area (TPSA) is 83.7 Å². The van der Waals surface area contributed by atoms with Gasteiger partial charge in [-0.2, -0.15) is 0 Å². The third-order valence-electron chi connectivity index (χ3n) is 5.76. The average Bonchev–Trinajstić information content (AvgIpc) is 2.89. The minimum absolute atomic E-state index is 0.127. The Balaban J connectivity index is 1.97. The first kappa shape index (κ1) is 23.5. The van der Waals surface area contributed by atoms with Gasteiger partial charge in [-0.25, -0.2) is 13.3 Å². The summed E-state index contributed by atoms with van der Waals surface area (Å²) in [5, 5.41) is 0.496. The molecule has 1 aliphatic rings. The van der Waals surface area contributed by atoms with Gasteiger partial charge in [0.25, 0.3) is 5.56 Å². The lowest BCUT2D eigenvalue weighted by Gasteiger charge is -2.16. The molecule has 0 saturated heterocycles. The van der Waals surface area contributed by atoms with Gasteiger partial charge in [0.1, 0.15) is 5.82 Å². The monoisotopic (exact) mass is 487 g/mol. The Morgan fingerprint density at radius 3 is 2.58 bits per heavy atom. The van der Waals surface area contributed by atoms with Crippen LogP contribution in [-0.2, 0) is 24.7 Å². The van der Waals surface area contributed by atoms with Crippen LogP contribution in [-0.4, -0.2) is 25.6 Å². The number of nitrogens with one attached hydrogen (secondary N) is 1. The molecule has 2 N–H and O–H groups in total. The lowest BCUT2D eigenvalue weighted by atomic mass is 9.90. The SMILES string of the molecule is CC[C@@H]1N=C(c2ccc(F)cc2)c2cc(Cl)c(CCNS(=O)O)cc2-c2cn(C)c(=O)cc21. The fourth-order valence-electron chi connectivity index (χ4n) is 4.09. The highest BCUT2D eigenvalue weighted by atomic mass is 35.5. The van der Waals surface area contributed by atoms with Crippen LogP contribution in [0.4, 0.5) is 4.39 Å². The van der Waals surface area contributed by atoms with Gasteiger partial charge < -0.3 is 4.57 Å². The summed E-state index contributed by atoms with van der Waals surface area (Å²) in [6.07, 6.45) is 2.91. The number of pyridine rings is 1. The maximum Gasteiger partial charge on any atom is 0.250 e. The fraction of sp³-hybridized carbons (Fsp3) is 0.250. The first-order chi connectivity index (χ1) is 15.8. The van der Waals surface area contributed by atoms with Gasteiger partial charge in [0, 0.05) is 47.6 Å². The molecule has 0 amide bonds. The highest BCUT2D eigenvalue weighted by Gasteiger charge is 2.26. The Morgan fingerprint density at radius 1 is 1.18 bits per heavy atom. The number of aromatic nitrogens is 1. The molecule has 9 heteroatoms. The summed E-state index contributed by atoms with van der Waals surface area (Å²) in [6, 6.07) is 11.3. The molecule has 2 atom stereocenters. The number of fused-ring (bicyclic) bond motifs is 3. The molecule has 0 saturated carbocycles. The molecule has 0 fully saturated rings. The van der Waals surface area contributed by atoms with Crippen LogP contribution in [0.25, 0.3) is 11.1 Å². The summed E-state index contributed by atoms with van der Waals surface area (Å²) in [5.74, 6) is -0.339. The number of benzene rings is 2. The van der Waals surface area contributed by atoms with Crippen molar-refractivity contribution in [1.29, 1.82) is 0 Å². The van der Waals surface area contributed by atoms with E-state index < -0.39 is 11.3 Å². The summed E-state index contributed by atoms with van der Waals surface area (Å²) in [5.41, 5.74) is 5.41. The van der Waals surface area contributed by atoms with Crippen molar-refractivity contribution < 1.29 is 13.2 Å². The van der Waals surface area contributed by atoms with Crippen molar-refractivity contribution >= 4 is 28.6 Å². The number of aryl methyl sites for hydroxylation is 1. The maximum absolute atomic E-state index is 13.6. The number of rotatable bonds is 6. The molecule has 0 spiro atoms. The summed E-state index contributed by atoms with van der Waals surface area (Å²) in [6.45, 7) is 2.27. The summed E-state index contributed by atoms with van der Waals surface area (Å²) in [4.78, 5) is 17.5. The van der Waals surface area contributed by atoms with Gasteiger partial charge in [0.15, 0.2) is 0 Å². The second kappa shape index (κ2) is 9.69. The van der Waals surface area contributed by atoms with Crippen molar-refractivity contribution in [1.82, 2.24) is 9.29 Å². The van der Waals surface area contributed by atoms with Crippen LogP contribution < -0.4 is 10.3 Å². The average molecular weight is 488 g/mol. The Bertz CT molecular complexity index is 1320. The number of halogens is 2. The molecule has 3 aromatic rings. The molecule has 2 heterocycles. The van der Waals surface area contributed by atoms with Gasteiger partial charge in [-0.15, -0.1) is 0 Å². The van der Waals surface area contributed by atoms with E-state index in [9.17, 15) is 13.4 Å². The van der Waals surface area contributed by atoms with Crippen LogP contribution >= 0.6 is 11.6 Å². The molecule has 4 rings (SSSR count). The molecule has 0 bridgehead atoms. The first-order valence-electron chi connectivity index (χ1n) is 10.5. The van der Waals surface area contributed by atoms with Crippen LogP contribution in [0, 0.1) is 5.82 Å². The summed E-state index contributed by atoms with van der Waals surface area (Å²) < 4.78 is 37.6. The third-order valence-corrected chi connectivity index (χ3v) is 6.56. The van der Waals surface area contributed by atoms with E-state index in [0.29, 0.717) is 23.6 Å². The van der Waals surface area contributed by atoms with Crippen molar-refractivity contribution in [3.63, 3.8) is 0 Å². The Labute approximate surface area is 198 Å². The zero-order chi connectivity index (χ0) is 23.7. The van der Waals surface area contributed by atoms with E-state index in [1.807, 2.05) is 19.1 Å². The Kier molecular flexibility index (Phi) is 6.90. The van der Waals surface area contributed by atoms with E-state index >= 15 is 0 Å². The Morgan fingerprint density at radius 2 is 1.91 bits per heavy atom. The van der Waals surface area contributed by atoms with Crippen LogP contribution in [0.1, 0.15) is 41.6 Å². The second-order valence-corrected chi connectivity index (χ2v) is 9.08. The van der Waals surface area contributed by atoms with Gasteiger partial charge in [-0.05, 0) is 65.9 Å². The van der Waals surface area contributed by atoms with E-state index in [1.165, 1.54) is 16.7 Å². The van der Waals surface area contributed by atoms with E-state index in [0.717, 1.165) is 33.4 Å². The normalized spacial score (nSPS) is 15.9. The van der Waals surface area contributed by atoms with E-state index in [-0.39, 0.29) is 24.0 Å². The van der Waals surface area contributed by atoms with E-state index in [2.05, 4.69) is 4.72 Å². The molecule has 0 radical (unpaired) electrons. The van der Waals surface area contributed by atoms with Crippen molar-refractivity contribution in [3.05, 3.63) is 92.1 Å². The molecule has 33 heavy (non-hydrogen) atoms. The molecule has 1 aromatic heterocycles. The first-order valence-corrected chi connectivity index (χ1v) is 12.0. The standard InChI is InChI=1S/C24H23ClFN3O3S/c1-3-22-18-12-23(30)29(2)13-20(18)17-10-15(8-9-27-33(31)32)21(25)11-19(17)24(28-22)14-4-6-16(26)7-5-14/h4-7,10-13,22,27H,3,8-9H2,1-2H3,(H,31,32)/t22-/m0/s1. The van der Waals surface area contributed by atoms with Gasteiger partial charge >= 0.3 is 0 Å². The second-order valence-electron chi connectivity index (χ2n) is 7.88. The smallest absolute Gasteiger partial charge is 0.250 e. The zero-order valence-electron chi connectivity index (χ0n) is 18.1. The molecule has 172 valence electrons.